The number of hydrogen-bond acceptors (Lipinski definition) is 4. The fraction of sp³-hybridized carbons (Fsp3) is 0.0833. The van der Waals surface area contributed by atoms with Gasteiger partial charge in [0, 0.05) is 6.54 Å². The largest absolute Gasteiger partial charge is 0.388 e. The molecule has 1 aromatic rings. The van der Waals surface area contributed by atoms with Crippen molar-refractivity contribution in [1.82, 2.24) is 10.6 Å². The van der Waals surface area contributed by atoms with Crippen molar-refractivity contribution in [2.45, 2.75) is 6.54 Å². The predicted molar refractivity (Wildman–Crippen MR) is 64.3 cm³/mol. The molecule has 0 heterocycles. The fourth-order valence-electron chi connectivity index (χ4n) is 1.15. The third-order valence-corrected chi connectivity index (χ3v) is 2.04. The van der Waals surface area contributed by atoms with Gasteiger partial charge in [0.1, 0.15) is 17.8 Å². The Morgan fingerprint density at radius 3 is 2.44 bits per heavy atom. The molecule has 0 saturated carbocycles. The lowest BCUT2D eigenvalue weighted by Gasteiger charge is -2.06. The summed E-state index contributed by atoms with van der Waals surface area (Å²) < 4.78 is 0. The molecule has 1 rings (SSSR count). The molecule has 1 aromatic carbocycles. The number of rotatable bonds is 3. The number of nitrogens with two attached hydrogens (primary N) is 1. The van der Waals surface area contributed by atoms with E-state index in [0.717, 1.165) is 5.56 Å². The maximum absolute atomic E-state index is 11.4. The lowest BCUT2D eigenvalue weighted by atomic mass is 10.2. The van der Waals surface area contributed by atoms with E-state index in [2.05, 4.69) is 10.6 Å². The lowest BCUT2D eigenvalue weighted by molar-refractivity contribution is 0.243. The SMILES string of the molecule is N#C/C(N)=C(\C#N)NC(=O)NCc1ccccc1. The third-order valence-electron chi connectivity index (χ3n) is 2.04. The van der Waals surface area contributed by atoms with Crippen LogP contribution in [0.2, 0.25) is 0 Å². The molecule has 0 aliphatic rings. The predicted octanol–water partition coefficient (Wildman–Crippen LogP) is 0.703. The number of hydrogen-bond donors (Lipinski definition) is 3. The van der Waals surface area contributed by atoms with Crippen molar-refractivity contribution in [3.05, 3.63) is 47.3 Å². The van der Waals surface area contributed by atoms with Crippen molar-refractivity contribution < 1.29 is 4.79 Å². The lowest BCUT2D eigenvalue weighted by Crippen LogP contribution is -2.35. The maximum Gasteiger partial charge on any atom is 0.320 e. The zero-order valence-corrected chi connectivity index (χ0v) is 9.47. The summed E-state index contributed by atoms with van der Waals surface area (Å²) in [6.45, 7) is 0.317. The number of carbonyl (C=O) groups is 1. The smallest absolute Gasteiger partial charge is 0.320 e. The molecule has 6 nitrogen and oxygen atoms in total. The quantitative estimate of drug-likeness (QED) is 0.675. The van der Waals surface area contributed by atoms with Crippen molar-refractivity contribution in [2.24, 2.45) is 5.73 Å². The Bertz CT molecular complexity index is 536. The van der Waals surface area contributed by atoms with Crippen LogP contribution in [0.5, 0.6) is 0 Å². The number of allylic oxidation sites excluding steroid dienone is 2. The molecule has 18 heavy (non-hydrogen) atoms. The van der Waals surface area contributed by atoms with Crippen LogP contribution in [0.25, 0.3) is 0 Å². The Kier molecular flexibility index (Phi) is 4.77. The summed E-state index contributed by atoms with van der Waals surface area (Å²) >= 11 is 0. The number of nitriles is 2. The first kappa shape index (κ1) is 13.1. The molecule has 0 aliphatic heterocycles. The van der Waals surface area contributed by atoms with Gasteiger partial charge in [-0.15, -0.1) is 0 Å². The molecule has 4 N–H and O–H groups in total. The summed E-state index contributed by atoms with van der Waals surface area (Å²) in [5, 5.41) is 21.9. The van der Waals surface area contributed by atoms with Gasteiger partial charge in [0.2, 0.25) is 0 Å². The fourth-order valence-corrected chi connectivity index (χ4v) is 1.15. The van der Waals surface area contributed by atoms with Gasteiger partial charge >= 0.3 is 6.03 Å². The average molecular weight is 241 g/mol. The molecule has 0 fully saturated rings. The normalized spacial score (nSPS) is 10.6. The minimum absolute atomic E-state index is 0.261. The molecule has 0 atom stereocenters. The number of nitrogens with one attached hydrogen (secondary N) is 2. The van der Waals surface area contributed by atoms with E-state index in [9.17, 15) is 4.79 Å². The van der Waals surface area contributed by atoms with E-state index < -0.39 is 6.03 Å². The summed E-state index contributed by atoms with van der Waals surface area (Å²) in [7, 11) is 0. The molecular weight excluding hydrogens is 230 g/mol. The second-order valence-electron chi connectivity index (χ2n) is 3.31. The first-order valence-corrected chi connectivity index (χ1v) is 5.06. The van der Waals surface area contributed by atoms with Gasteiger partial charge < -0.3 is 11.1 Å². The van der Waals surface area contributed by atoms with Gasteiger partial charge in [-0.2, -0.15) is 10.5 Å². The van der Waals surface area contributed by atoms with Crippen molar-refractivity contribution in [1.29, 1.82) is 10.5 Å². The van der Waals surface area contributed by atoms with E-state index in [1.54, 1.807) is 12.1 Å². The van der Waals surface area contributed by atoms with Crippen molar-refractivity contribution in [2.75, 3.05) is 0 Å². The number of urea groups is 1. The summed E-state index contributed by atoms with van der Waals surface area (Å²) in [6.07, 6.45) is 0. The summed E-state index contributed by atoms with van der Waals surface area (Å²) in [6, 6.07) is 11.9. The van der Waals surface area contributed by atoms with E-state index >= 15 is 0 Å². The van der Waals surface area contributed by atoms with Crippen LogP contribution in [0.15, 0.2) is 41.7 Å². The zero-order valence-electron chi connectivity index (χ0n) is 9.47. The second-order valence-corrected chi connectivity index (χ2v) is 3.31. The van der Waals surface area contributed by atoms with Gasteiger partial charge in [-0.1, -0.05) is 30.3 Å². The van der Waals surface area contributed by atoms with Crippen molar-refractivity contribution in [3.8, 4) is 12.1 Å². The van der Waals surface area contributed by atoms with Gasteiger partial charge in [-0.3, -0.25) is 5.32 Å². The van der Waals surface area contributed by atoms with Crippen LogP contribution in [-0.4, -0.2) is 6.03 Å². The van der Waals surface area contributed by atoms with Crippen LogP contribution < -0.4 is 16.4 Å². The van der Waals surface area contributed by atoms with Gasteiger partial charge in [-0.05, 0) is 5.56 Å². The van der Waals surface area contributed by atoms with E-state index in [4.69, 9.17) is 16.3 Å². The Labute approximate surface area is 104 Å². The highest BCUT2D eigenvalue weighted by Crippen LogP contribution is 1.97. The molecule has 0 aliphatic carbocycles. The molecule has 0 saturated heterocycles. The van der Waals surface area contributed by atoms with E-state index in [1.807, 2.05) is 30.3 Å². The Morgan fingerprint density at radius 2 is 1.89 bits per heavy atom. The third kappa shape index (κ3) is 3.87. The summed E-state index contributed by atoms with van der Waals surface area (Å²) in [5.74, 6) is 0. The Hall–Kier alpha value is -2.99. The van der Waals surface area contributed by atoms with Gasteiger partial charge in [-0.25, -0.2) is 4.79 Å². The molecule has 6 heteroatoms. The first-order valence-electron chi connectivity index (χ1n) is 5.06. The molecule has 0 radical (unpaired) electrons. The highest BCUT2D eigenvalue weighted by molar-refractivity contribution is 5.77. The molecule has 0 unspecified atom stereocenters. The second kappa shape index (κ2) is 6.56. The van der Waals surface area contributed by atoms with E-state index in [1.165, 1.54) is 0 Å². The standard InChI is InChI=1S/C12H11N5O/c13-6-10(15)11(7-14)17-12(18)16-8-9-4-2-1-3-5-9/h1-5H,8,15H2,(H2,16,17,18)/b11-10-. The number of nitrogens with zero attached hydrogens (tertiary/aromatic N) is 2. The minimum Gasteiger partial charge on any atom is -0.388 e. The monoisotopic (exact) mass is 241 g/mol. The van der Waals surface area contributed by atoms with Gasteiger partial charge in [0.25, 0.3) is 0 Å². The van der Waals surface area contributed by atoms with Crippen LogP contribution in [0.3, 0.4) is 0 Å². The highest BCUT2D eigenvalue weighted by atomic mass is 16.2. The highest BCUT2D eigenvalue weighted by Gasteiger charge is 2.07. The molecule has 2 amide bonds. The number of benzene rings is 1. The van der Waals surface area contributed by atoms with Crippen LogP contribution in [0.4, 0.5) is 4.79 Å². The number of carbonyl (C=O) groups excluding carboxylic acids is 1. The van der Waals surface area contributed by atoms with Crippen LogP contribution in [-0.2, 0) is 6.54 Å². The van der Waals surface area contributed by atoms with Crippen LogP contribution in [0.1, 0.15) is 5.56 Å². The Balaban J connectivity index is 2.54. The zero-order chi connectivity index (χ0) is 13.4. The van der Waals surface area contributed by atoms with Crippen molar-refractivity contribution >= 4 is 6.03 Å². The molecule has 0 spiro atoms. The summed E-state index contributed by atoms with van der Waals surface area (Å²) in [4.78, 5) is 11.4. The topological polar surface area (TPSA) is 115 Å². The van der Waals surface area contributed by atoms with Gasteiger partial charge in [0.15, 0.2) is 5.70 Å². The molecule has 90 valence electrons. The first-order chi connectivity index (χ1) is 8.67. The molecular formula is C12H11N5O. The average Bonchev–Trinajstić information content (AvgIpc) is 2.42. The summed E-state index contributed by atoms with van der Waals surface area (Å²) in [5.41, 5.74) is 5.57. The molecule has 0 aromatic heterocycles. The van der Waals surface area contributed by atoms with E-state index in [-0.39, 0.29) is 11.4 Å². The van der Waals surface area contributed by atoms with Crippen LogP contribution >= 0.6 is 0 Å². The van der Waals surface area contributed by atoms with Crippen molar-refractivity contribution in [3.63, 3.8) is 0 Å². The number of amides is 2. The maximum atomic E-state index is 11.4. The molecule has 0 bridgehead atoms. The Morgan fingerprint density at radius 1 is 1.22 bits per heavy atom. The van der Waals surface area contributed by atoms with Crippen LogP contribution in [0, 0.1) is 22.7 Å². The van der Waals surface area contributed by atoms with E-state index in [0.29, 0.717) is 6.54 Å². The van der Waals surface area contributed by atoms with Gasteiger partial charge in [0.05, 0.1) is 0 Å². The minimum atomic E-state index is -0.589.